The summed E-state index contributed by atoms with van der Waals surface area (Å²) in [7, 11) is -3.84. The number of nitrogens with zero attached hydrogens (tertiary/aromatic N) is 4. The van der Waals surface area contributed by atoms with E-state index < -0.39 is 13.9 Å². The zero-order valence-corrected chi connectivity index (χ0v) is 15.3. The summed E-state index contributed by atoms with van der Waals surface area (Å²) in [5.41, 5.74) is 12.6. The Morgan fingerprint density at radius 1 is 1.40 bits per heavy atom. The first-order valence-electron chi connectivity index (χ1n) is 8.07. The molecule has 0 amide bonds. The lowest BCUT2D eigenvalue weighted by atomic mass is 10.2. The molecule has 25 heavy (non-hydrogen) atoms. The lowest BCUT2D eigenvalue weighted by Crippen LogP contribution is -2.26. The Labute approximate surface area is 146 Å². The van der Waals surface area contributed by atoms with Gasteiger partial charge in [-0.3, -0.25) is 4.57 Å². The van der Waals surface area contributed by atoms with Gasteiger partial charge >= 0.3 is 7.60 Å². The van der Waals surface area contributed by atoms with Gasteiger partial charge < -0.3 is 30.2 Å². The van der Waals surface area contributed by atoms with Crippen LogP contribution in [0.4, 0.5) is 5.82 Å². The molecule has 0 spiro atoms. The van der Waals surface area contributed by atoms with Crippen molar-refractivity contribution in [3.8, 4) is 0 Å². The Morgan fingerprint density at radius 2 is 2.16 bits per heavy atom. The van der Waals surface area contributed by atoms with E-state index in [1.165, 1.54) is 6.33 Å². The fraction of sp³-hybridized carbons (Fsp3) is 0.643. The highest BCUT2D eigenvalue weighted by molar-refractivity contribution is 7.52. The number of anilines is 1. The third-order valence-corrected chi connectivity index (χ3v) is 4.58. The Morgan fingerprint density at radius 3 is 2.88 bits per heavy atom. The minimum Gasteiger partial charge on any atom is -0.382 e. The fourth-order valence-corrected chi connectivity index (χ4v) is 3.23. The van der Waals surface area contributed by atoms with Gasteiger partial charge in [0, 0.05) is 6.04 Å². The third-order valence-electron chi connectivity index (χ3n) is 3.56. The summed E-state index contributed by atoms with van der Waals surface area (Å²) >= 11 is 0. The topological polar surface area (TPSA) is 151 Å². The second-order valence-corrected chi connectivity index (χ2v) is 7.71. The number of hydrogen-bond acceptors (Lipinski definition) is 8. The van der Waals surface area contributed by atoms with E-state index in [-0.39, 0.29) is 18.8 Å². The molecule has 0 aromatic carbocycles. The third kappa shape index (κ3) is 5.72. The molecule has 0 aliphatic rings. The van der Waals surface area contributed by atoms with E-state index in [0.29, 0.717) is 23.5 Å². The molecule has 0 saturated heterocycles. The van der Waals surface area contributed by atoms with E-state index >= 15 is 0 Å². The predicted molar refractivity (Wildman–Crippen MR) is 93.8 cm³/mol. The van der Waals surface area contributed by atoms with Crippen molar-refractivity contribution < 1.29 is 18.7 Å². The minimum atomic E-state index is -3.84. The molecule has 2 aromatic heterocycles. The van der Waals surface area contributed by atoms with Crippen LogP contribution in [0.5, 0.6) is 0 Å². The second-order valence-electron chi connectivity index (χ2n) is 5.92. The number of nitrogen functional groups attached to an aromatic ring is 1. The lowest BCUT2D eigenvalue weighted by molar-refractivity contribution is 0.0709. The van der Waals surface area contributed by atoms with Crippen LogP contribution in [0.15, 0.2) is 12.7 Å². The molecule has 0 fully saturated rings. The molecule has 2 heterocycles. The van der Waals surface area contributed by atoms with Crippen molar-refractivity contribution in [2.24, 2.45) is 5.73 Å². The molecule has 5 N–H and O–H groups in total. The van der Waals surface area contributed by atoms with Crippen molar-refractivity contribution in [2.45, 2.75) is 45.4 Å². The van der Waals surface area contributed by atoms with Gasteiger partial charge in [-0.05, 0) is 13.3 Å². The van der Waals surface area contributed by atoms with Crippen LogP contribution in [-0.4, -0.2) is 49.5 Å². The molecule has 140 valence electrons. The van der Waals surface area contributed by atoms with Crippen LogP contribution < -0.4 is 11.5 Å². The van der Waals surface area contributed by atoms with E-state index in [9.17, 15) is 9.46 Å². The fourth-order valence-electron chi connectivity index (χ4n) is 2.29. The second kappa shape index (κ2) is 8.68. The summed E-state index contributed by atoms with van der Waals surface area (Å²) in [5.74, 6) is 0.300. The quantitative estimate of drug-likeness (QED) is 0.520. The normalized spacial score (nSPS) is 16.6. The molecule has 11 heteroatoms. The largest absolute Gasteiger partial charge is 0.382 e. The smallest absolute Gasteiger partial charge is 0.353 e. The number of imidazole rings is 1. The average molecular weight is 372 g/mol. The van der Waals surface area contributed by atoms with E-state index in [1.54, 1.807) is 17.8 Å². The highest BCUT2D eigenvalue weighted by Crippen LogP contribution is 2.42. The van der Waals surface area contributed by atoms with Crippen LogP contribution in [0.25, 0.3) is 11.2 Å². The first-order valence-corrected chi connectivity index (χ1v) is 9.83. The van der Waals surface area contributed by atoms with Crippen molar-refractivity contribution in [1.82, 2.24) is 19.5 Å². The molecule has 0 aliphatic heterocycles. The highest BCUT2D eigenvalue weighted by Gasteiger charge is 2.23. The molecule has 3 atom stereocenters. The van der Waals surface area contributed by atoms with Gasteiger partial charge in [-0.25, -0.2) is 15.0 Å². The Hall–Kier alpha value is -1.58. The van der Waals surface area contributed by atoms with Crippen LogP contribution >= 0.6 is 7.60 Å². The van der Waals surface area contributed by atoms with E-state index in [1.807, 2.05) is 6.92 Å². The van der Waals surface area contributed by atoms with Gasteiger partial charge in [-0.2, -0.15) is 0 Å². The SMILES string of the molecule is CCC[C@@H](N)COP(=O)(O)CO[C@H](C)Cn1cnc2c(N)ncnc21. The van der Waals surface area contributed by atoms with Crippen LogP contribution in [-0.2, 0) is 20.4 Å². The number of nitrogens with two attached hydrogens (primary N) is 2. The van der Waals surface area contributed by atoms with Crippen LogP contribution in [0.3, 0.4) is 0 Å². The van der Waals surface area contributed by atoms with Gasteiger partial charge in [-0.1, -0.05) is 13.3 Å². The van der Waals surface area contributed by atoms with Gasteiger partial charge in [0.25, 0.3) is 0 Å². The maximum Gasteiger partial charge on any atom is 0.353 e. The van der Waals surface area contributed by atoms with Gasteiger partial charge in [0.1, 0.15) is 18.2 Å². The van der Waals surface area contributed by atoms with Gasteiger partial charge in [0.15, 0.2) is 11.5 Å². The molecule has 0 saturated carbocycles. The molecule has 0 aliphatic carbocycles. The Balaban J connectivity index is 1.86. The number of rotatable bonds is 10. The van der Waals surface area contributed by atoms with Crippen LogP contribution in [0.1, 0.15) is 26.7 Å². The maximum absolute atomic E-state index is 12.0. The summed E-state index contributed by atoms with van der Waals surface area (Å²) in [6, 6.07) is -0.259. The Kier molecular flexibility index (Phi) is 6.86. The van der Waals surface area contributed by atoms with Gasteiger partial charge in [-0.15, -0.1) is 0 Å². The standard InChI is InChI=1S/C14H25N6O4P/c1-3-4-11(15)6-24-25(21,22)9-23-10(2)5-20-8-19-12-13(16)17-7-18-14(12)20/h7-8,10-11H,3-6,9,15H2,1-2H3,(H,21,22)(H2,16,17,18)/t10-,11-/m1/s1. The minimum absolute atomic E-state index is 0.0295. The first-order chi connectivity index (χ1) is 11.8. The average Bonchev–Trinajstić information content (AvgIpc) is 2.96. The predicted octanol–water partition coefficient (Wildman–Crippen LogP) is 1.10. The summed E-state index contributed by atoms with van der Waals surface area (Å²) in [6.45, 7) is 4.19. The molecule has 0 bridgehead atoms. The zero-order chi connectivity index (χ0) is 18.4. The number of ether oxygens (including phenoxy) is 1. The monoisotopic (exact) mass is 372 g/mol. The zero-order valence-electron chi connectivity index (χ0n) is 14.4. The van der Waals surface area contributed by atoms with E-state index in [4.69, 9.17) is 20.7 Å². The summed E-state index contributed by atoms with van der Waals surface area (Å²) < 4.78 is 24.2. The first kappa shape index (κ1) is 19.7. The van der Waals surface area contributed by atoms with Crippen molar-refractivity contribution in [1.29, 1.82) is 0 Å². The molecule has 2 aromatic rings. The molecule has 1 unspecified atom stereocenters. The summed E-state index contributed by atoms with van der Waals surface area (Å²) in [4.78, 5) is 22.0. The number of aromatic nitrogens is 4. The maximum atomic E-state index is 12.0. The molecule has 2 rings (SSSR count). The van der Waals surface area contributed by atoms with Crippen molar-refractivity contribution in [2.75, 3.05) is 18.7 Å². The van der Waals surface area contributed by atoms with Crippen molar-refractivity contribution in [3.63, 3.8) is 0 Å². The van der Waals surface area contributed by atoms with Gasteiger partial charge in [0.2, 0.25) is 0 Å². The number of fused-ring (bicyclic) bond motifs is 1. The highest BCUT2D eigenvalue weighted by atomic mass is 31.2. The van der Waals surface area contributed by atoms with Crippen LogP contribution in [0, 0.1) is 0 Å². The van der Waals surface area contributed by atoms with E-state index in [2.05, 4.69) is 15.0 Å². The lowest BCUT2D eigenvalue weighted by Gasteiger charge is -2.18. The van der Waals surface area contributed by atoms with E-state index in [0.717, 1.165) is 12.8 Å². The Bertz CT molecular complexity index is 739. The summed E-state index contributed by atoms with van der Waals surface area (Å²) in [6.07, 6.45) is 3.79. The molecule has 10 nitrogen and oxygen atoms in total. The molecular weight excluding hydrogens is 347 g/mol. The molecule has 0 radical (unpaired) electrons. The summed E-state index contributed by atoms with van der Waals surface area (Å²) in [5, 5.41) is 0. The molecular formula is C14H25N6O4P. The number of hydrogen-bond donors (Lipinski definition) is 3. The van der Waals surface area contributed by atoms with Gasteiger partial charge in [0.05, 0.1) is 25.6 Å². The van der Waals surface area contributed by atoms with Crippen LogP contribution in [0.2, 0.25) is 0 Å². The van der Waals surface area contributed by atoms with Crippen molar-refractivity contribution >= 4 is 24.6 Å². The van der Waals surface area contributed by atoms with Crippen molar-refractivity contribution in [3.05, 3.63) is 12.7 Å².